The van der Waals surface area contributed by atoms with Crippen LogP contribution in [0, 0.1) is 5.92 Å². The zero-order chi connectivity index (χ0) is 12.8. The van der Waals surface area contributed by atoms with Gasteiger partial charge < -0.3 is 10.1 Å². The van der Waals surface area contributed by atoms with E-state index in [-0.39, 0.29) is 17.9 Å². The predicted molar refractivity (Wildman–Crippen MR) is 68.9 cm³/mol. The van der Waals surface area contributed by atoms with Gasteiger partial charge in [0.1, 0.15) is 0 Å². The fourth-order valence-electron chi connectivity index (χ4n) is 2.68. The molecular formula is C13H26N2O2. The Morgan fingerprint density at radius 1 is 1.47 bits per heavy atom. The number of ether oxygens (including phenoxy) is 1. The molecule has 0 amide bonds. The van der Waals surface area contributed by atoms with Crippen LogP contribution in [0.4, 0.5) is 0 Å². The first-order valence-corrected chi connectivity index (χ1v) is 6.60. The number of likely N-dealkylation sites (N-methyl/N-ethyl adjacent to an activating group) is 1. The zero-order valence-corrected chi connectivity index (χ0v) is 11.5. The van der Waals surface area contributed by atoms with Crippen molar-refractivity contribution in [2.75, 3.05) is 27.2 Å². The van der Waals surface area contributed by atoms with E-state index in [4.69, 9.17) is 4.74 Å². The molecule has 1 aliphatic rings. The number of nitrogens with zero attached hydrogens (tertiary/aromatic N) is 1. The average Bonchev–Trinajstić information content (AvgIpc) is 2.37. The molecule has 1 heterocycles. The van der Waals surface area contributed by atoms with E-state index in [0.29, 0.717) is 6.04 Å². The Labute approximate surface area is 105 Å². The second-order valence-corrected chi connectivity index (χ2v) is 5.00. The lowest BCUT2D eigenvalue weighted by Gasteiger charge is -2.41. The summed E-state index contributed by atoms with van der Waals surface area (Å²) in [6.45, 7) is 6.18. The van der Waals surface area contributed by atoms with Crippen LogP contribution >= 0.6 is 0 Å². The van der Waals surface area contributed by atoms with Crippen molar-refractivity contribution in [1.29, 1.82) is 0 Å². The molecular weight excluding hydrogens is 216 g/mol. The molecule has 0 aromatic rings. The van der Waals surface area contributed by atoms with Crippen LogP contribution in [0.2, 0.25) is 0 Å². The maximum absolute atomic E-state index is 11.6. The molecule has 3 atom stereocenters. The quantitative estimate of drug-likeness (QED) is 0.737. The fraction of sp³-hybridized carbons (Fsp3) is 0.923. The highest BCUT2D eigenvalue weighted by Crippen LogP contribution is 2.23. The molecule has 17 heavy (non-hydrogen) atoms. The van der Waals surface area contributed by atoms with Gasteiger partial charge >= 0.3 is 5.97 Å². The number of rotatable bonds is 5. The lowest BCUT2D eigenvalue weighted by Crippen LogP contribution is -2.52. The van der Waals surface area contributed by atoms with Crippen molar-refractivity contribution in [2.24, 2.45) is 5.92 Å². The number of nitrogens with one attached hydrogen (secondary N) is 1. The number of carbonyl (C=O) groups excluding carboxylic acids is 1. The third-order valence-corrected chi connectivity index (χ3v) is 3.93. The molecule has 1 fully saturated rings. The number of likely N-dealkylation sites (tertiary alicyclic amines) is 1. The first kappa shape index (κ1) is 14.5. The third kappa shape index (κ3) is 3.68. The smallest absolute Gasteiger partial charge is 0.309 e. The summed E-state index contributed by atoms with van der Waals surface area (Å²) >= 11 is 0. The number of carbonyl (C=O) groups is 1. The van der Waals surface area contributed by atoms with Gasteiger partial charge in [-0.25, -0.2) is 0 Å². The van der Waals surface area contributed by atoms with E-state index in [9.17, 15) is 4.79 Å². The Balaban J connectivity index is 2.63. The van der Waals surface area contributed by atoms with Crippen molar-refractivity contribution < 1.29 is 9.53 Å². The van der Waals surface area contributed by atoms with Gasteiger partial charge in [-0.15, -0.1) is 0 Å². The summed E-state index contributed by atoms with van der Waals surface area (Å²) < 4.78 is 4.84. The maximum atomic E-state index is 11.6. The third-order valence-electron chi connectivity index (χ3n) is 3.93. The summed E-state index contributed by atoms with van der Waals surface area (Å²) in [4.78, 5) is 14.1. The Kier molecular flexibility index (Phi) is 5.92. The topological polar surface area (TPSA) is 41.6 Å². The number of hydrogen-bond donors (Lipinski definition) is 1. The van der Waals surface area contributed by atoms with Crippen molar-refractivity contribution in [3.63, 3.8) is 0 Å². The Bertz CT molecular complexity index is 244. The van der Waals surface area contributed by atoms with Gasteiger partial charge in [-0.05, 0) is 33.4 Å². The van der Waals surface area contributed by atoms with Crippen LogP contribution in [0.3, 0.4) is 0 Å². The molecule has 0 radical (unpaired) electrons. The first-order valence-electron chi connectivity index (χ1n) is 6.60. The second-order valence-electron chi connectivity index (χ2n) is 5.00. The van der Waals surface area contributed by atoms with Crippen LogP contribution in [-0.2, 0) is 9.53 Å². The van der Waals surface area contributed by atoms with Crippen LogP contribution < -0.4 is 5.32 Å². The molecule has 0 bridgehead atoms. The zero-order valence-electron chi connectivity index (χ0n) is 11.5. The predicted octanol–water partition coefficient (Wildman–Crippen LogP) is 1.26. The first-order chi connectivity index (χ1) is 8.11. The number of methoxy groups -OCH3 is 1. The molecule has 1 rings (SSSR count). The van der Waals surface area contributed by atoms with Crippen molar-refractivity contribution in [3.05, 3.63) is 0 Å². The van der Waals surface area contributed by atoms with Crippen molar-refractivity contribution >= 4 is 5.97 Å². The summed E-state index contributed by atoms with van der Waals surface area (Å²) in [5.74, 6) is -0.163. The second kappa shape index (κ2) is 6.97. The molecule has 0 saturated carbocycles. The minimum absolute atomic E-state index is 0.0579. The summed E-state index contributed by atoms with van der Waals surface area (Å²) in [7, 11) is 3.45. The minimum Gasteiger partial charge on any atom is -0.469 e. The SMILES string of the molecule is CNCC1CCCCN1C(C)C(C)C(=O)OC. The normalized spacial score (nSPS) is 25.3. The van der Waals surface area contributed by atoms with Gasteiger partial charge in [0.05, 0.1) is 13.0 Å². The molecule has 100 valence electrons. The van der Waals surface area contributed by atoms with E-state index in [1.165, 1.54) is 26.4 Å². The molecule has 1 N–H and O–H groups in total. The lowest BCUT2D eigenvalue weighted by atomic mass is 9.94. The maximum Gasteiger partial charge on any atom is 0.309 e. The molecule has 0 spiro atoms. The molecule has 3 unspecified atom stereocenters. The summed E-state index contributed by atoms with van der Waals surface area (Å²) in [6, 6.07) is 0.803. The number of hydrogen-bond acceptors (Lipinski definition) is 4. The molecule has 4 nitrogen and oxygen atoms in total. The highest BCUT2D eigenvalue weighted by atomic mass is 16.5. The fourth-order valence-corrected chi connectivity index (χ4v) is 2.68. The van der Waals surface area contributed by atoms with Gasteiger partial charge in [0.15, 0.2) is 0 Å². The van der Waals surface area contributed by atoms with Gasteiger partial charge in [0.25, 0.3) is 0 Å². The highest BCUT2D eigenvalue weighted by Gasteiger charge is 2.32. The highest BCUT2D eigenvalue weighted by molar-refractivity contribution is 5.72. The number of piperidine rings is 1. The lowest BCUT2D eigenvalue weighted by molar-refractivity contribution is -0.147. The average molecular weight is 242 g/mol. The van der Waals surface area contributed by atoms with Gasteiger partial charge in [-0.1, -0.05) is 13.3 Å². The van der Waals surface area contributed by atoms with Gasteiger partial charge in [0.2, 0.25) is 0 Å². The summed E-state index contributed by atoms with van der Waals surface area (Å²) in [5.41, 5.74) is 0. The van der Waals surface area contributed by atoms with Crippen molar-refractivity contribution in [1.82, 2.24) is 10.2 Å². The largest absolute Gasteiger partial charge is 0.469 e. The van der Waals surface area contributed by atoms with Crippen LogP contribution in [0.5, 0.6) is 0 Å². The molecule has 0 aromatic carbocycles. The molecule has 1 aliphatic heterocycles. The van der Waals surface area contributed by atoms with Gasteiger partial charge in [0, 0.05) is 18.6 Å². The van der Waals surface area contributed by atoms with E-state index < -0.39 is 0 Å². The van der Waals surface area contributed by atoms with E-state index in [1.54, 1.807) is 0 Å². The molecule has 0 aromatic heterocycles. The Morgan fingerprint density at radius 3 is 2.76 bits per heavy atom. The van der Waals surface area contributed by atoms with Crippen molar-refractivity contribution in [2.45, 2.75) is 45.2 Å². The molecule has 1 saturated heterocycles. The standard InChI is InChI=1S/C13H26N2O2/c1-10(13(16)17-4)11(2)15-8-6-5-7-12(15)9-14-3/h10-12,14H,5-9H2,1-4H3. The van der Waals surface area contributed by atoms with E-state index in [2.05, 4.69) is 17.1 Å². The monoisotopic (exact) mass is 242 g/mol. The van der Waals surface area contributed by atoms with E-state index in [1.807, 2.05) is 14.0 Å². The Morgan fingerprint density at radius 2 is 2.18 bits per heavy atom. The van der Waals surface area contributed by atoms with Crippen molar-refractivity contribution in [3.8, 4) is 0 Å². The Hall–Kier alpha value is -0.610. The van der Waals surface area contributed by atoms with E-state index >= 15 is 0 Å². The van der Waals surface area contributed by atoms with Crippen LogP contribution in [0.1, 0.15) is 33.1 Å². The molecule has 0 aliphatic carbocycles. The van der Waals surface area contributed by atoms with Gasteiger partial charge in [-0.2, -0.15) is 0 Å². The van der Waals surface area contributed by atoms with Crippen LogP contribution in [-0.4, -0.2) is 50.2 Å². The summed E-state index contributed by atoms with van der Waals surface area (Å²) in [5, 5.41) is 3.25. The van der Waals surface area contributed by atoms with E-state index in [0.717, 1.165) is 13.1 Å². The molecule has 4 heteroatoms. The van der Waals surface area contributed by atoms with Crippen LogP contribution in [0.15, 0.2) is 0 Å². The summed E-state index contributed by atoms with van der Waals surface area (Å²) in [6.07, 6.45) is 3.75. The van der Waals surface area contributed by atoms with Gasteiger partial charge in [-0.3, -0.25) is 9.69 Å². The number of esters is 1. The van der Waals surface area contributed by atoms with Crippen LogP contribution in [0.25, 0.3) is 0 Å². The minimum atomic E-state index is -0.105.